The van der Waals surface area contributed by atoms with Crippen molar-refractivity contribution >= 4 is 6.72 Å². The average molecular weight is 114 g/mol. The minimum Gasteiger partial charge on any atom is -0.248 e. The van der Waals surface area contributed by atoms with Gasteiger partial charge in [0.1, 0.15) is 20.8 Å². The van der Waals surface area contributed by atoms with Crippen LogP contribution in [0.3, 0.4) is 0 Å². The van der Waals surface area contributed by atoms with Gasteiger partial charge in [-0.3, -0.25) is 0 Å². The van der Waals surface area contributed by atoms with E-state index in [-0.39, 0.29) is 0 Å². The maximum absolute atomic E-state index is 3.47. The van der Waals surface area contributed by atoms with Gasteiger partial charge in [0.2, 0.25) is 0 Å². The van der Waals surface area contributed by atoms with Crippen LogP contribution in [-0.2, 0) is 0 Å². The zero-order valence-corrected chi connectivity index (χ0v) is 5.98. The topological polar surface area (TPSA) is 3.01 Å². The molecule has 1 aliphatic carbocycles. The summed E-state index contributed by atoms with van der Waals surface area (Å²) in [6.45, 7) is 3.47. The minimum absolute atomic E-state index is 1.50. The quantitative estimate of drug-likeness (QED) is 0.332. The summed E-state index contributed by atoms with van der Waals surface area (Å²) >= 11 is 0. The van der Waals surface area contributed by atoms with Crippen LogP contribution in [0.2, 0.25) is 0 Å². The fraction of sp³-hybridized carbons (Fsp3) is 0.857. The van der Waals surface area contributed by atoms with Crippen molar-refractivity contribution in [1.82, 2.24) is 0 Å². The summed E-state index contributed by atoms with van der Waals surface area (Å²) in [4.78, 5) is 0. The van der Waals surface area contributed by atoms with E-state index in [1.807, 2.05) is 14.1 Å². The molecule has 1 nitrogen and oxygen atoms in total. The third kappa shape index (κ3) is 9.18. The Morgan fingerprint density at radius 3 is 1.12 bits per heavy atom. The predicted molar refractivity (Wildman–Crippen MR) is 37.7 cm³/mol. The van der Waals surface area contributed by atoms with Crippen LogP contribution in [0.25, 0.3) is 0 Å². The third-order valence-electron chi connectivity index (χ3n) is 1.000. The molecule has 0 spiro atoms. The standard InChI is InChI=1S/C4H8.C3H8N/c1-2-4-3-1;1-4(2)3/h1-4H2;1H2,2-3H3/q;+1. The van der Waals surface area contributed by atoms with E-state index in [2.05, 4.69) is 6.72 Å². The lowest BCUT2D eigenvalue weighted by Crippen LogP contribution is -1.86. The molecule has 1 fully saturated rings. The van der Waals surface area contributed by atoms with Gasteiger partial charge in [-0.1, -0.05) is 25.7 Å². The van der Waals surface area contributed by atoms with Gasteiger partial charge in [-0.2, -0.15) is 0 Å². The Morgan fingerprint density at radius 2 is 1.12 bits per heavy atom. The molecular weight excluding hydrogens is 98.1 g/mol. The number of nitrogens with zero attached hydrogens (tertiary/aromatic N) is 1. The third-order valence-corrected chi connectivity index (χ3v) is 1.000. The Balaban J connectivity index is 0.000000122. The van der Waals surface area contributed by atoms with Crippen molar-refractivity contribution in [3.05, 3.63) is 0 Å². The van der Waals surface area contributed by atoms with Crippen LogP contribution in [0.15, 0.2) is 0 Å². The van der Waals surface area contributed by atoms with Gasteiger partial charge in [0.25, 0.3) is 0 Å². The Kier molecular flexibility index (Phi) is 4.62. The first-order valence-electron chi connectivity index (χ1n) is 3.21. The average Bonchev–Trinajstić information content (AvgIpc) is 1.19. The van der Waals surface area contributed by atoms with Gasteiger partial charge in [-0.25, -0.2) is 4.58 Å². The predicted octanol–water partition coefficient (Wildman–Crippen LogP) is 1.52. The van der Waals surface area contributed by atoms with Gasteiger partial charge in [0, 0.05) is 0 Å². The molecule has 1 saturated carbocycles. The number of hydrogen-bond acceptors (Lipinski definition) is 0. The molecule has 48 valence electrons. The maximum Gasteiger partial charge on any atom is 0.131 e. The summed E-state index contributed by atoms with van der Waals surface area (Å²) in [5, 5.41) is 0. The normalized spacial score (nSPS) is 15.2. The second-order valence-electron chi connectivity index (χ2n) is 2.49. The first kappa shape index (κ1) is 7.67. The van der Waals surface area contributed by atoms with Crippen molar-refractivity contribution in [2.24, 2.45) is 0 Å². The molecule has 0 saturated heterocycles. The highest BCUT2D eigenvalue weighted by molar-refractivity contribution is 5.13. The monoisotopic (exact) mass is 114 g/mol. The molecule has 0 aliphatic heterocycles. The molecule has 0 radical (unpaired) electrons. The van der Waals surface area contributed by atoms with E-state index in [0.29, 0.717) is 0 Å². The molecule has 0 aromatic carbocycles. The molecule has 1 aliphatic rings. The van der Waals surface area contributed by atoms with Gasteiger partial charge in [0.05, 0.1) is 0 Å². The molecule has 8 heavy (non-hydrogen) atoms. The van der Waals surface area contributed by atoms with Gasteiger partial charge in [-0.15, -0.1) is 0 Å². The second-order valence-corrected chi connectivity index (χ2v) is 2.49. The Bertz CT molecular complexity index is 54.8. The van der Waals surface area contributed by atoms with Crippen LogP contribution < -0.4 is 0 Å². The lowest BCUT2D eigenvalue weighted by molar-refractivity contribution is -0.454. The van der Waals surface area contributed by atoms with E-state index < -0.39 is 0 Å². The van der Waals surface area contributed by atoms with Crippen LogP contribution >= 0.6 is 0 Å². The highest BCUT2D eigenvalue weighted by Crippen LogP contribution is 2.15. The molecular formula is C7H16N+. The number of rotatable bonds is 0. The molecule has 0 aromatic heterocycles. The molecule has 0 N–H and O–H groups in total. The van der Waals surface area contributed by atoms with E-state index in [4.69, 9.17) is 0 Å². The molecule has 0 amide bonds. The highest BCUT2D eigenvalue weighted by Gasteiger charge is 1.95. The number of hydrogen-bond donors (Lipinski definition) is 0. The largest absolute Gasteiger partial charge is 0.248 e. The van der Waals surface area contributed by atoms with Crippen LogP contribution in [0.4, 0.5) is 0 Å². The summed E-state index contributed by atoms with van der Waals surface area (Å²) in [5.74, 6) is 0. The Hall–Kier alpha value is -0.330. The van der Waals surface area contributed by atoms with E-state index in [1.165, 1.54) is 25.7 Å². The van der Waals surface area contributed by atoms with Crippen molar-refractivity contribution in [1.29, 1.82) is 0 Å². The van der Waals surface area contributed by atoms with Gasteiger partial charge in [-0.05, 0) is 0 Å². The first-order chi connectivity index (χ1) is 3.73. The van der Waals surface area contributed by atoms with E-state index >= 15 is 0 Å². The fourth-order valence-electron chi connectivity index (χ4n) is 0.250. The van der Waals surface area contributed by atoms with Crippen molar-refractivity contribution < 1.29 is 4.58 Å². The Labute approximate surface area is 52.0 Å². The maximum atomic E-state index is 3.47. The van der Waals surface area contributed by atoms with Crippen LogP contribution in [0.1, 0.15) is 25.7 Å². The fourth-order valence-corrected chi connectivity index (χ4v) is 0.250. The summed E-state index contributed by atoms with van der Waals surface area (Å²) in [6, 6.07) is 0. The summed E-state index contributed by atoms with van der Waals surface area (Å²) in [6.07, 6.45) is 6.00. The van der Waals surface area contributed by atoms with Crippen molar-refractivity contribution in [2.75, 3.05) is 14.1 Å². The summed E-state index contributed by atoms with van der Waals surface area (Å²) in [5.41, 5.74) is 0. The minimum atomic E-state index is 1.50. The molecule has 0 heterocycles. The molecule has 1 rings (SSSR count). The van der Waals surface area contributed by atoms with E-state index in [9.17, 15) is 0 Å². The Morgan fingerprint density at radius 1 is 1.00 bits per heavy atom. The SMILES string of the molecule is C1CCC1.C=[N+](C)C. The van der Waals surface area contributed by atoms with Crippen molar-refractivity contribution in [2.45, 2.75) is 25.7 Å². The first-order valence-corrected chi connectivity index (χ1v) is 3.21. The lowest BCUT2D eigenvalue weighted by Gasteiger charge is -2.05. The van der Waals surface area contributed by atoms with Crippen LogP contribution in [-0.4, -0.2) is 25.4 Å². The lowest BCUT2D eigenvalue weighted by atomic mass is 10.0. The molecule has 0 aromatic rings. The second kappa shape index (κ2) is 4.82. The molecule has 0 bridgehead atoms. The van der Waals surface area contributed by atoms with Gasteiger partial charge >= 0.3 is 0 Å². The summed E-state index contributed by atoms with van der Waals surface area (Å²) in [7, 11) is 3.78. The van der Waals surface area contributed by atoms with Crippen molar-refractivity contribution in [3.63, 3.8) is 0 Å². The van der Waals surface area contributed by atoms with E-state index in [0.717, 1.165) is 0 Å². The zero-order valence-electron chi connectivity index (χ0n) is 5.98. The highest BCUT2D eigenvalue weighted by atomic mass is 14.9. The molecule has 0 unspecified atom stereocenters. The van der Waals surface area contributed by atoms with Gasteiger partial charge in [0.15, 0.2) is 0 Å². The smallest absolute Gasteiger partial charge is 0.131 e. The zero-order chi connectivity index (χ0) is 6.41. The van der Waals surface area contributed by atoms with Gasteiger partial charge < -0.3 is 0 Å². The van der Waals surface area contributed by atoms with Crippen LogP contribution in [0, 0.1) is 0 Å². The van der Waals surface area contributed by atoms with Crippen molar-refractivity contribution in [3.8, 4) is 0 Å². The molecule has 0 atom stereocenters. The van der Waals surface area contributed by atoms with E-state index in [1.54, 1.807) is 4.58 Å². The summed E-state index contributed by atoms with van der Waals surface area (Å²) < 4.78 is 1.75. The molecule has 1 heteroatoms. The van der Waals surface area contributed by atoms with Crippen LogP contribution in [0.5, 0.6) is 0 Å².